The molecule has 1 atom stereocenters. The van der Waals surface area contributed by atoms with Crippen LogP contribution in [0.3, 0.4) is 0 Å². The third kappa shape index (κ3) is 4.65. The Bertz CT molecular complexity index is 335. The topological polar surface area (TPSA) is 15.3 Å². The van der Waals surface area contributed by atoms with Gasteiger partial charge in [0.15, 0.2) is 0 Å². The van der Waals surface area contributed by atoms with E-state index in [1.807, 2.05) is 12.1 Å². The Hall–Kier alpha value is -1.09. The predicted octanol–water partition coefficient (Wildman–Crippen LogP) is 3.29. The van der Waals surface area contributed by atoms with E-state index in [0.29, 0.717) is 12.0 Å². The van der Waals surface area contributed by atoms with E-state index >= 15 is 0 Å². The van der Waals surface area contributed by atoms with Crippen LogP contribution in [0.4, 0.5) is 10.1 Å². The first-order valence-corrected chi connectivity index (χ1v) is 6.74. The van der Waals surface area contributed by atoms with Crippen LogP contribution in [-0.4, -0.2) is 26.2 Å². The van der Waals surface area contributed by atoms with Crippen molar-refractivity contribution < 1.29 is 4.39 Å². The number of nitrogens with one attached hydrogen (secondary N) is 1. The van der Waals surface area contributed by atoms with Gasteiger partial charge in [-0.2, -0.15) is 0 Å². The van der Waals surface area contributed by atoms with Crippen molar-refractivity contribution in [2.45, 2.75) is 33.2 Å². The van der Waals surface area contributed by atoms with E-state index in [1.54, 1.807) is 0 Å². The molecule has 3 heteroatoms. The zero-order valence-electron chi connectivity index (χ0n) is 11.9. The number of hydrogen-bond donors (Lipinski definition) is 1. The molecule has 0 saturated carbocycles. The molecule has 0 aliphatic carbocycles. The summed E-state index contributed by atoms with van der Waals surface area (Å²) in [5.41, 5.74) is 1.06. The molecular weight excluding hydrogens is 227 g/mol. The molecule has 0 aromatic heterocycles. The van der Waals surface area contributed by atoms with Crippen LogP contribution in [0.5, 0.6) is 0 Å². The van der Waals surface area contributed by atoms with E-state index in [1.165, 1.54) is 12.1 Å². The maximum atomic E-state index is 12.9. The molecule has 0 aliphatic heterocycles. The average molecular weight is 252 g/mol. The standard InChI is InChI=1S/C15H25FN2/c1-5-10-17-15(12(2)3)11-18(4)14-8-6-13(16)7-9-14/h6-9,12,15,17H,5,10-11H2,1-4H3. The smallest absolute Gasteiger partial charge is 0.123 e. The highest BCUT2D eigenvalue weighted by atomic mass is 19.1. The molecule has 1 rings (SSSR count). The minimum Gasteiger partial charge on any atom is -0.373 e. The fourth-order valence-electron chi connectivity index (χ4n) is 1.94. The van der Waals surface area contributed by atoms with Crippen molar-refractivity contribution in [3.8, 4) is 0 Å². The largest absolute Gasteiger partial charge is 0.373 e. The molecule has 1 aromatic rings. The summed E-state index contributed by atoms with van der Waals surface area (Å²) in [6.07, 6.45) is 1.14. The molecule has 0 aliphatic rings. The van der Waals surface area contributed by atoms with Gasteiger partial charge in [-0.25, -0.2) is 4.39 Å². The Kier molecular flexibility index (Phi) is 6.13. The van der Waals surface area contributed by atoms with Crippen molar-refractivity contribution in [3.63, 3.8) is 0 Å². The van der Waals surface area contributed by atoms with Crippen molar-refractivity contribution in [1.29, 1.82) is 0 Å². The zero-order chi connectivity index (χ0) is 13.5. The minimum absolute atomic E-state index is 0.184. The fraction of sp³-hybridized carbons (Fsp3) is 0.600. The van der Waals surface area contributed by atoms with Gasteiger partial charge in [-0.15, -0.1) is 0 Å². The summed E-state index contributed by atoms with van der Waals surface area (Å²) in [4.78, 5) is 2.17. The number of benzene rings is 1. The van der Waals surface area contributed by atoms with E-state index in [4.69, 9.17) is 0 Å². The Balaban J connectivity index is 2.59. The minimum atomic E-state index is -0.184. The first-order valence-electron chi connectivity index (χ1n) is 6.74. The third-order valence-electron chi connectivity index (χ3n) is 3.20. The fourth-order valence-corrected chi connectivity index (χ4v) is 1.94. The molecule has 1 N–H and O–H groups in total. The second kappa shape index (κ2) is 7.37. The molecule has 0 radical (unpaired) electrons. The van der Waals surface area contributed by atoms with Crippen molar-refractivity contribution in [2.75, 3.05) is 25.0 Å². The first kappa shape index (κ1) is 15.0. The number of anilines is 1. The van der Waals surface area contributed by atoms with E-state index in [2.05, 4.69) is 38.0 Å². The van der Waals surface area contributed by atoms with Gasteiger partial charge in [0.25, 0.3) is 0 Å². The second-order valence-electron chi connectivity index (χ2n) is 5.16. The van der Waals surface area contributed by atoms with Gasteiger partial charge in [0.1, 0.15) is 5.82 Å². The number of hydrogen-bond acceptors (Lipinski definition) is 2. The van der Waals surface area contributed by atoms with Gasteiger partial charge >= 0.3 is 0 Å². The Morgan fingerprint density at radius 2 is 1.83 bits per heavy atom. The van der Waals surface area contributed by atoms with Crippen molar-refractivity contribution in [1.82, 2.24) is 5.32 Å². The van der Waals surface area contributed by atoms with Gasteiger partial charge in [-0.3, -0.25) is 0 Å². The van der Waals surface area contributed by atoms with E-state index in [0.717, 1.165) is 25.2 Å². The van der Waals surface area contributed by atoms with Crippen molar-refractivity contribution in [3.05, 3.63) is 30.1 Å². The maximum absolute atomic E-state index is 12.9. The summed E-state index contributed by atoms with van der Waals surface area (Å²) in [7, 11) is 2.05. The van der Waals surface area contributed by atoms with Gasteiger partial charge in [-0.1, -0.05) is 20.8 Å². The van der Waals surface area contributed by atoms with Crippen LogP contribution in [0, 0.1) is 11.7 Å². The molecule has 1 aromatic carbocycles. The number of rotatable bonds is 7. The Labute approximate surface area is 110 Å². The molecule has 0 saturated heterocycles. The van der Waals surface area contributed by atoms with Crippen LogP contribution < -0.4 is 10.2 Å². The quantitative estimate of drug-likeness (QED) is 0.801. The molecule has 0 amide bonds. The van der Waals surface area contributed by atoms with Crippen molar-refractivity contribution >= 4 is 5.69 Å². The van der Waals surface area contributed by atoms with Crippen LogP contribution in [0.25, 0.3) is 0 Å². The number of likely N-dealkylation sites (N-methyl/N-ethyl adjacent to an activating group) is 1. The lowest BCUT2D eigenvalue weighted by atomic mass is 10.0. The lowest BCUT2D eigenvalue weighted by molar-refractivity contribution is 0.402. The molecule has 102 valence electrons. The second-order valence-corrected chi connectivity index (χ2v) is 5.16. The SMILES string of the molecule is CCCNC(CN(C)c1ccc(F)cc1)C(C)C. The number of halogens is 1. The Morgan fingerprint density at radius 1 is 1.22 bits per heavy atom. The lowest BCUT2D eigenvalue weighted by Crippen LogP contribution is -2.43. The molecule has 1 unspecified atom stereocenters. The lowest BCUT2D eigenvalue weighted by Gasteiger charge is -2.29. The van der Waals surface area contributed by atoms with Crippen LogP contribution >= 0.6 is 0 Å². The predicted molar refractivity (Wildman–Crippen MR) is 76.6 cm³/mol. The van der Waals surface area contributed by atoms with Gasteiger partial charge in [-0.05, 0) is 43.1 Å². The van der Waals surface area contributed by atoms with E-state index in [-0.39, 0.29) is 5.82 Å². The van der Waals surface area contributed by atoms with Crippen LogP contribution in [-0.2, 0) is 0 Å². The number of nitrogens with zero attached hydrogens (tertiary/aromatic N) is 1. The third-order valence-corrected chi connectivity index (χ3v) is 3.20. The first-order chi connectivity index (χ1) is 8.54. The van der Waals surface area contributed by atoms with Crippen molar-refractivity contribution in [2.24, 2.45) is 5.92 Å². The van der Waals surface area contributed by atoms with Crippen LogP contribution in [0.1, 0.15) is 27.2 Å². The van der Waals surface area contributed by atoms with Gasteiger partial charge < -0.3 is 10.2 Å². The highest BCUT2D eigenvalue weighted by Crippen LogP contribution is 2.15. The van der Waals surface area contributed by atoms with Gasteiger partial charge in [0.05, 0.1) is 0 Å². The van der Waals surface area contributed by atoms with Gasteiger partial charge in [0.2, 0.25) is 0 Å². The monoisotopic (exact) mass is 252 g/mol. The molecular formula is C15H25FN2. The van der Waals surface area contributed by atoms with E-state index in [9.17, 15) is 4.39 Å². The van der Waals surface area contributed by atoms with Crippen LogP contribution in [0.15, 0.2) is 24.3 Å². The highest BCUT2D eigenvalue weighted by Gasteiger charge is 2.15. The highest BCUT2D eigenvalue weighted by molar-refractivity contribution is 5.45. The Morgan fingerprint density at radius 3 is 2.33 bits per heavy atom. The zero-order valence-corrected chi connectivity index (χ0v) is 11.9. The van der Waals surface area contributed by atoms with Gasteiger partial charge in [0, 0.05) is 25.3 Å². The molecule has 18 heavy (non-hydrogen) atoms. The normalized spacial score (nSPS) is 12.8. The summed E-state index contributed by atoms with van der Waals surface area (Å²) < 4.78 is 12.9. The van der Waals surface area contributed by atoms with Crippen LogP contribution in [0.2, 0.25) is 0 Å². The summed E-state index contributed by atoms with van der Waals surface area (Å²) in [6.45, 7) is 8.61. The molecule has 0 fully saturated rings. The summed E-state index contributed by atoms with van der Waals surface area (Å²) in [5.74, 6) is 0.399. The molecule has 0 spiro atoms. The summed E-state index contributed by atoms with van der Waals surface area (Å²) >= 11 is 0. The molecule has 0 heterocycles. The summed E-state index contributed by atoms with van der Waals surface area (Å²) in [6, 6.07) is 7.13. The maximum Gasteiger partial charge on any atom is 0.123 e. The average Bonchev–Trinajstić information content (AvgIpc) is 2.34. The summed E-state index contributed by atoms with van der Waals surface area (Å²) in [5, 5.41) is 3.57. The molecule has 0 bridgehead atoms. The molecule has 2 nitrogen and oxygen atoms in total. The van der Waals surface area contributed by atoms with E-state index < -0.39 is 0 Å².